The van der Waals surface area contributed by atoms with E-state index in [4.69, 9.17) is 0 Å². The summed E-state index contributed by atoms with van der Waals surface area (Å²) in [5, 5.41) is 9.97. The van der Waals surface area contributed by atoms with Gasteiger partial charge in [-0.3, -0.25) is 0 Å². The molecule has 59 heavy (non-hydrogen) atoms. The molecule has 1 aliphatic rings. The van der Waals surface area contributed by atoms with Crippen LogP contribution in [0, 0.1) is 0 Å². The summed E-state index contributed by atoms with van der Waals surface area (Å²) in [6, 6.07) is 76.4. The lowest BCUT2D eigenvalue weighted by atomic mass is 9.80. The Balaban J connectivity index is 1.17. The molecule has 1 heterocycles. The SMILES string of the molecule is CC1(C)c2cc3ccccc3cc2-c2cccc(N(c3cccc(-n4c5ccccc5c5ccccc54)c3)c3ccc4ccccc4c3-c3ccc4ccccc4c3)c21. The van der Waals surface area contributed by atoms with Crippen LogP contribution in [0.2, 0.25) is 0 Å². The maximum atomic E-state index is 2.56. The molecule has 0 atom stereocenters. The minimum atomic E-state index is -0.270. The van der Waals surface area contributed by atoms with E-state index in [-0.39, 0.29) is 5.41 Å². The molecule has 2 nitrogen and oxygen atoms in total. The normalized spacial score (nSPS) is 13.1. The van der Waals surface area contributed by atoms with Crippen LogP contribution >= 0.6 is 0 Å². The van der Waals surface area contributed by atoms with Crippen LogP contribution < -0.4 is 4.90 Å². The smallest absolute Gasteiger partial charge is 0.0546 e. The maximum absolute atomic E-state index is 2.56. The highest BCUT2D eigenvalue weighted by Crippen LogP contribution is 2.56. The number of aromatic nitrogens is 1. The molecular weight excluding hydrogens is 713 g/mol. The Morgan fingerprint density at radius 1 is 0.407 bits per heavy atom. The van der Waals surface area contributed by atoms with Crippen LogP contribution in [-0.2, 0) is 5.41 Å². The Hall–Kier alpha value is -7.42. The molecule has 1 aromatic heterocycles. The highest BCUT2D eigenvalue weighted by molar-refractivity contribution is 6.10. The van der Waals surface area contributed by atoms with Gasteiger partial charge in [0.15, 0.2) is 0 Å². The standard InChI is InChI=1S/C57H40N2/c1-57(2)50-35-41-19-6-5-18-40(41)34-49(50)48-25-14-28-54(56(48)57)59(44-21-13-20-43(36-44)58-51-26-11-9-23-46(51)47-24-10-12-27-52(47)58)53-32-31-38-16-7-8-22-45(38)55(53)42-30-29-37-15-3-4-17-39(37)33-42/h3-36H,1-2H3. The molecule has 278 valence electrons. The third kappa shape index (κ3) is 5.06. The monoisotopic (exact) mass is 752 g/mol. The van der Waals surface area contributed by atoms with Crippen molar-refractivity contribution in [3.8, 4) is 27.9 Å². The largest absolute Gasteiger partial charge is 0.309 e. The average Bonchev–Trinajstić information content (AvgIpc) is 3.74. The van der Waals surface area contributed by atoms with Crippen LogP contribution in [0.3, 0.4) is 0 Å². The molecule has 0 saturated heterocycles. The van der Waals surface area contributed by atoms with Gasteiger partial charge < -0.3 is 9.47 Å². The molecule has 2 heteroatoms. The first-order valence-electron chi connectivity index (χ1n) is 20.6. The summed E-state index contributed by atoms with van der Waals surface area (Å²) >= 11 is 0. The fourth-order valence-electron chi connectivity index (χ4n) is 10.2. The molecule has 10 aromatic carbocycles. The summed E-state index contributed by atoms with van der Waals surface area (Å²) in [7, 11) is 0. The zero-order valence-electron chi connectivity index (χ0n) is 33.0. The second kappa shape index (κ2) is 12.8. The highest BCUT2D eigenvalue weighted by Gasteiger charge is 2.39. The van der Waals surface area contributed by atoms with Gasteiger partial charge in [-0.1, -0.05) is 159 Å². The summed E-state index contributed by atoms with van der Waals surface area (Å²) in [6.07, 6.45) is 0. The van der Waals surface area contributed by atoms with Crippen molar-refractivity contribution in [1.82, 2.24) is 4.57 Å². The Labute approximate surface area is 343 Å². The van der Waals surface area contributed by atoms with E-state index in [0.717, 1.165) is 17.1 Å². The predicted octanol–water partition coefficient (Wildman–Crippen LogP) is 15.7. The first-order valence-corrected chi connectivity index (χ1v) is 20.6. The Morgan fingerprint density at radius 3 is 1.75 bits per heavy atom. The number of rotatable bonds is 5. The lowest BCUT2D eigenvalue weighted by Crippen LogP contribution is -2.21. The van der Waals surface area contributed by atoms with Gasteiger partial charge in [-0.15, -0.1) is 0 Å². The number of benzene rings is 10. The molecule has 0 saturated carbocycles. The van der Waals surface area contributed by atoms with Gasteiger partial charge in [0, 0.05) is 33.1 Å². The first-order chi connectivity index (χ1) is 29.0. The van der Waals surface area contributed by atoms with Gasteiger partial charge >= 0.3 is 0 Å². The molecule has 0 fully saturated rings. The minimum Gasteiger partial charge on any atom is -0.309 e. The Bertz CT molecular complexity index is 3440. The molecule has 12 rings (SSSR count). The van der Waals surface area contributed by atoms with Crippen molar-refractivity contribution >= 4 is 71.2 Å². The van der Waals surface area contributed by atoms with Crippen molar-refractivity contribution in [3.63, 3.8) is 0 Å². The van der Waals surface area contributed by atoms with Crippen molar-refractivity contribution in [2.24, 2.45) is 0 Å². The van der Waals surface area contributed by atoms with Gasteiger partial charge in [-0.25, -0.2) is 0 Å². The lowest BCUT2D eigenvalue weighted by Gasteiger charge is -2.34. The molecule has 0 unspecified atom stereocenters. The number of nitrogens with zero attached hydrogens (tertiary/aromatic N) is 2. The van der Waals surface area contributed by atoms with Crippen molar-refractivity contribution in [2.75, 3.05) is 4.90 Å². The molecule has 0 N–H and O–H groups in total. The Kier molecular flexibility index (Phi) is 7.31. The van der Waals surface area contributed by atoms with E-state index in [1.54, 1.807) is 0 Å². The maximum Gasteiger partial charge on any atom is 0.0546 e. The number of hydrogen-bond donors (Lipinski definition) is 0. The van der Waals surface area contributed by atoms with Gasteiger partial charge in [0.25, 0.3) is 0 Å². The number of para-hydroxylation sites is 2. The molecule has 0 bridgehead atoms. The minimum absolute atomic E-state index is 0.270. The summed E-state index contributed by atoms with van der Waals surface area (Å²) in [6.45, 7) is 4.82. The second-order valence-corrected chi connectivity index (χ2v) is 16.5. The molecule has 0 amide bonds. The number of hydrogen-bond acceptors (Lipinski definition) is 1. The number of fused-ring (bicyclic) bond motifs is 9. The van der Waals surface area contributed by atoms with Crippen LogP contribution in [0.25, 0.3) is 82.1 Å². The fourth-order valence-corrected chi connectivity index (χ4v) is 10.2. The van der Waals surface area contributed by atoms with Gasteiger partial charge in [-0.05, 0) is 121 Å². The third-order valence-electron chi connectivity index (χ3n) is 12.9. The van der Waals surface area contributed by atoms with Gasteiger partial charge in [0.05, 0.1) is 22.4 Å². The second-order valence-electron chi connectivity index (χ2n) is 16.5. The lowest BCUT2D eigenvalue weighted by molar-refractivity contribution is 0.661. The fraction of sp³-hybridized carbons (Fsp3) is 0.0526. The van der Waals surface area contributed by atoms with E-state index in [9.17, 15) is 0 Å². The molecule has 11 aromatic rings. The van der Waals surface area contributed by atoms with Crippen molar-refractivity contribution < 1.29 is 0 Å². The summed E-state index contributed by atoms with van der Waals surface area (Å²) < 4.78 is 2.43. The molecule has 0 radical (unpaired) electrons. The van der Waals surface area contributed by atoms with Crippen LogP contribution in [0.5, 0.6) is 0 Å². The van der Waals surface area contributed by atoms with E-state index in [2.05, 4.69) is 230 Å². The molecular formula is C57H40N2. The van der Waals surface area contributed by atoms with Crippen LogP contribution in [0.1, 0.15) is 25.0 Å². The number of anilines is 3. The van der Waals surface area contributed by atoms with Crippen LogP contribution in [-0.4, -0.2) is 4.57 Å². The van der Waals surface area contributed by atoms with Gasteiger partial charge in [-0.2, -0.15) is 0 Å². The molecule has 1 aliphatic carbocycles. The van der Waals surface area contributed by atoms with Crippen molar-refractivity contribution in [2.45, 2.75) is 19.3 Å². The summed E-state index contributed by atoms with van der Waals surface area (Å²) in [5.74, 6) is 0. The average molecular weight is 753 g/mol. The zero-order valence-corrected chi connectivity index (χ0v) is 33.0. The quantitative estimate of drug-likeness (QED) is 0.170. The predicted molar refractivity (Wildman–Crippen MR) is 251 cm³/mol. The molecule has 0 spiro atoms. The van der Waals surface area contributed by atoms with Gasteiger partial charge in [0.2, 0.25) is 0 Å². The van der Waals surface area contributed by atoms with E-state index in [1.807, 2.05) is 0 Å². The summed E-state index contributed by atoms with van der Waals surface area (Å²) in [4.78, 5) is 2.56. The van der Waals surface area contributed by atoms with E-state index >= 15 is 0 Å². The summed E-state index contributed by atoms with van der Waals surface area (Å²) in [5.41, 5.74) is 14.4. The molecule has 0 aliphatic heterocycles. The van der Waals surface area contributed by atoms with E-state index < -0.39 is 0 Å². The Morgan fingerprint density at radius 2 is 1.00 bits per heavy atom. The van der Waals surface area contributed by atoms with E-state index in [0.29, 0.717) is 0 Å². The zero-order chi connectivity index (χ0) is 39.2. The van der Waals surface area contributed by atoms with Crippen LogP contribution in [0.15, 0.2) is 206 Å². The first kappa shape index (κ1) is 33.7. The van der Waals surface area contributed by atoms with Crippen molar-refractivity contribution in [3.05, 3.63) is 217 Å². The third-order valence-corrected chi connectivity index (χ3v) is 12.9. The topological polar surface area (TPSA) is 8.17 Å². The van der Waals surface area contributed by atoms with Crippen molar-refractivity contribution in [1.29, 1.82) is 0 Å². The van der Waals surface area contributed by atoms with Gasteiger partial charge in [0.1, 0.15) is 0 Å². The van der Waals surface area contributed by atoms with E-state index in [1.165, 1.54) is 93.2 Å². The van der Waals surface area contributed by atoms with Crippen LogP contribution in [0.4, 0.5) is 17.1 Å². The highest BCUT2D eigenvalue weighted by atomic mass is 15.2.